The Morgan fingerprint density at radius 2 is 2.07 bits per heavy atom. The molecule has 0 aliphatic heterocycles. The van der Waals surface area contributed by atoms with Crippen molar-refractivity contribution in [1.82, 2.24) is 0 Å². The number of anilines is 1. The lowest BCUT2D eigenvalue weighted by Crippen LogP contribution is -2.24. The van der Waals surface area contributed by atoms with E-state index in [0.717, 1.165) is 30.8 Å². The van der Waals surface area contributed by atoms with Gasteiger partial charge in [0.2, 0.25) is 0 Å². The van der Waals surface area contributed by atoms with E-state index in [1.54, 1.807) is 6.07 Å². The van der Waals surface area contributed by atoms with Crippen LogP contribution in [0.2, 0.25) is 0 Å². The first-order valence-electron chi connectivity index (χ1n) is 5.32. The lowest BCUT2D eigenvalue weighted by Gasteiger charge is -2.24. The standard InChI is InChI=1S/C12H17BrFN/c1-3-7-15(4-2)12-6-5-11(14)8-10(12)9-13/h5-6,8H,3-4,7,9H2,1-2H3. The Morgan fingerprint density at radius 1 is 1.33 bits per heavy atom. The molecule has 0 N–H and O–H groups in total. The summed E-state index contributed by atoms with van der Waals surface area (Å²) in [5.41, 5.74) is 2.16. The van der Waals surface area contributed by atoms with E-state index in [2.05, 4.69) is 34.7 Å². The van der Waals surface area contributed by atoms with E-state index >= 15 is 0 Å². The third-order valence-electron chi connectivity index (χ3n) is 2.40. The van der Waals surface area contributed by atoms with Crippen molar-refractivity contribution in [3.05, 3.63) is 29.6 Å². The Bertz CT molecular complexity index is 314. The molecule has 1 aromatic rings. The summed E-state index contributed by atoms with van der Waals surface area (Å²) in [4.78, 5) is 2.27. The molecule has 0 fully saturated rings. The molecule has 0 aliphatic rings. The van der Waals surface area contributed by atoms with Gasteiger partial charge in [-0.1, -0.05) is 22.9 Å². The van der Waals surface area contributed by atoms with Gasteiger partial charge in [0.25, 0.3) is 0 Å². The first-order valence-corrected chi connectivity index (χ1v) is 6.44. The van der Waals surface area contributed by atoms with Gasteiger partial charge in [0.05, 0.1) is 0 Å². The summed E-state index contributed by atoms with van der Waals surface area (Å²) in [5, 5.41) is 0.695. The van der Waals surface area contributed by atoms with Crippen molar-refractivity contribution in [1.29, 1.82) is 0 Å². The number of rotatable bonds is 5. The zero-order valence-corrected chi connectivity index (χ0v) is 10.8. The van der Waals surface area contributed by atoms with Crippen molar-refractivity contribution in [2.24, 2.45) is 0 Å². The Morgan fingerprint density at radius 3 is 2.60 bits per heavy atom. The lowest BCUT2D eigenvalue weighted by atomic mass is 10.1. The maximum absolute atomic E-state index is 13.0. The first-order chi connectivity index (χ1) is 7.22. The van der Waals surface area contributed by atoms with Crippen LogP contribution in [-0.4, -0.2) is 13.1 Å². The van der Waals surface area contributed by atoms with E-state index in [9.17, 15) is 4.39 Å². The van der Waals surface area contributed by atoms with Gasteiger partial charge in [-0.05, 0) is 37.1 Å². The third kappa shape index (κ3) is 3.20. The zero-order valence-electron chi connectivity index (χ0n) is 9.26. The van der Waals surface area contributed by atoms with Crippen molar-refractivity contribution >= 4 is 21.6 Å². The molecule has 0 aromatic heterocycles. The van der Waals surface area contributed by atoms with Crippen LogP contribution in [0.1, 0.15) is 25.8 Å². The summed E-state index contributed by atoms with van der Waals surface area (Å²) < 4.78 is 13.0. The van der Waals surface area contributed by atoms with Gasteiger partial charge in [-0.2, -0.15) is 0 Å². The predicted molar refractivity (Wildman–Crippen MR) is 67.2 cm³/mol. The highest BCUT2D eigenvalue weighted by molar-refractivity contribution is 9.08. The van der Waals surface area contributed by atoms with Gasteiger partial charge in [-0.15, -0.1) is 0 Å². The molecule has 0 spiro atoms. The number of hydrogen-bond donors (Lipinski definition) is 0. The second-order valence-corrected chi connectivity index (χ2v) is 4.05. The number of hydrogen-bond acceptors (Lipinski definition) is 1. The van der Waals surface area contributed by atoms with Crippen LogP contribution in [0, 0.1) is 5.82 Å². The van der Waals surface area contributed by atoms with Gasteiger partial charge < -0.3 is 4.90 Å². The summed E-state index contributed by atoms with van der Waals surface area (Å²) in [6, 6.07) is 4.99. The van der Waals surface area contributed by atoms with Crippen LogP contribution in [0.25, 0.3) is 0 Å². The smallest absolute Gasteiger partial charge is 0.123 e. The molecule has 15 heavy (non-hydrogen) atoms. The highest BCUT2D eigenvalue weighted by atomic mass is 79.9. The monoisotopic (exact) mass is 273 g/mol. The summed E-state index contributed by atoms with van der Waals surface area (Å²) >= 11 is 3.40. The molecule has 0 aliphatic carbocycles. The van der Waals surface area contributed by atoms with Gasteiger partial charge in [0, 0.05) is 24.1 Å². The molecular weight excluding hydrogens is 257 g/mol. The molecule has 0 radical (unpaired) electrons. The molecule has 84 valence electrons. The number of benzene rings is 1. The predicted octanol–water partition coefficient (Wildman–Crippen LogP) is 3.96. The molecular formula is C12H17BrFN. The van der Waals surface area contributed by atoms with Crippen molar-refractivity contribution in [3.63, 3.8) is 0 Å². The molecule has 0 bridgehead atoms. The molecule has 1 nitrogen and oxygen atoms in total. The van der Waals surface area contributed by atoms with E-state index in [0.29, 0.717) is 5.33 Å². The zero-order chi connectivity index (χ0) is 11.3. The fraction of sp³-hybridized carbons (Fsp3) is 0.500. The molecule has 1 rings (SSSR count). The largest absolute Gasteiger partial charge is 0.372 e. The summed E-state index contributed by atoms with van der Waals surface area (Å²) in [5.74, 6) is -0.166. The van der Waals surface area contributed by atoms with E-state index in [-0.39, 0.29) is 5.82 Å². The minimum Gasteiger partial charge on any atom is -0.372 e. The van der Waals surface area contributed by atoms with E-state index < -0.39 is 0 Å². The minimum atomic E-state index is -0.166. The molecule has 0 atom stereocenters. The molecule has 0 amide bonds. The molecule has 1 aromatic carbocycles. The van der Waals surface area contributed by atoms with E-state index in [4.69, 9.17) is 0 Å². The second-order valence-electron chi connectivity index (χ2n) is 3.49. The Balaban J connectivity index is 2.99. The number of halogens is 2. The SMILES string of the molecule is CCCN(CC)c1ccc(F)cc1CBr. The van der Waals surface area contributed by atoms with E-state index in [1.807, 2.05) is 6.07 Å². The highest BCUT2D eigenvalue weighted by Gasteiger charge is 2.08. The number of alkyl halides is 1. The summed E-state index contributed by atoms with van der Waals surface area (Å²) in [6.07, 6.45) is 1.10. The molecule has 0 heterocycles. The molecule has 3 heteroatoms. The Hall–Kier alpha value is -0.570. The summed E-state index contributed by atoms with van der Waals surface area (Å²) in [7, 11) is 0. The van der Waals surface area contributed by atoms with Crippen LogP contribution in [0.3, 0.4) is 0 Å². The van der Waals surface area contributed by atoms with Gasteiger partial charge >= 0.3 is 0 Å². The van der Waals surface area contributed by atoms with Crippen LogP contribution in [0.5, 0.6) is 0 Å². The van der Waals surface area contributed by atoms with Crippen LogP contribution in [0.15, 0.2) is 18.2 Å². The van der Waals surface area contributed by atoms with Crippen LogP contribution in [-0.2, 0) is 5.33 Å². The fourth-order valence-corrected chi connectivity index (χ4v) is 2.14. The number of nitrogens with zero attached hydrogens (tertiary/aromatic N) is 1. The highest BCUT2D eigenvalue weighted by Crippen LogP contribution is 2.24. The Kier molecular flexibility index (Phi) is 5.09. The average Bonchev–Trinajstić information content (AvgIpc) is 2.26. The van der Waals surface area contributed by atoms with Crippen molar-refractivity contribution < 1.29 is 4.39 Å². The van der Waals surface area contributed by atoms with Crippen molar-refractivity contribution in [2.75, 3.05) is 18.0 Å². The average molecular weight is 274 g/mol. The minimum absolute atomic E-state index is 0.166. The lowest BCUT2D eigenvalue weighted by molar-refractivity contribution is 0.626. The van der Waals surface area contributed by atoms with Gasteiger partial charge in [0.1, 0.15) is 5.82 Å². The van der Waals surface area contributed by atoms with E-state index in [1.165, 1.54) is 6.07 Å². The van der Waals surface area contributed by atoms with Crippen LogP contribution in [0.4, 0.5) is 10.1 Å². The molecule has 0 saturated carbocycles. The molecule has 0 unspecified atom stereocenters. The molecule has 0 saturated heterocycles. The quantitative estimate of drug-likeness (QED) is 0.735. The maximum atomic E-state index is 13.0. The van der Waals surface area contributed by atoms with Crippen molar-refractivity contribution in [3.8, 4) is 0 Å². The summed E-state index contributed by atoms with van der Waals surface area (Å²) in [6.45, 7) is 6.25. The maximum Gasteiger partial charge on any atom is 0.123 e. The van der Waals surface area contributed by atoms with Gasteiger partial charge in [-0.25, -0.2) is 4.39 Å². The van der Waals surface area contributed by atoms with Crippen LogP contribution >= 0.6 is 15.9 Å². The van der Waals surface area contributed by atoms with Gasteiger partial charge in [0.15, 0.2) is 0 Å². The third-order valence-corrected chi connectivity index (χ3v) is 3.01. The Labute approximate surface area is 99.4 Å². The topological polar surface area (TPSA) is 3.24 Å². The fourth-order valence-electron chi connectivity index (χ4n) is 1.69. The second kappa shape index (κ2) is 6.11. The van der Waals surface area contributed by atoms with Crippen LogP contribution < -0.4 is 4.90 Å². The first kappa shape index (κ1) is 12.5. The normalized spacial score (nSPS) is 10.4. The van der Waals surface area contributed by atoms with Gasteiger partial charge in [-0.3, -0.25) is 0 Å². The van der Waals surface area contributed by atoms with Crippen molar-refractivity contribution in [2.45, 2.75) is 25.6 Å².